The number of ether oxygens (including phenoxy) is 1. The summed E-state index contributed by atoms with van der Waals surface area (Å²) in [5.74, 6) is 1.70. The molecular formula is C25H32ClN5O4. The Kier molecular flexibility index (Phi) is 7.67. The summed E-state index contributed by atoms with van der Waals surface area (Å²) in [4.78, 5) is 20.0. The van der Waals surface area contributed by atoms with E-state index < -0.39 is 0 Å². The quantitative estimate of drug-likeness (QED) is 0.450. The van der Waals surface area contributed by atoms with Crippen LogP contribution in [0, 0.1) is 5.92 Å². The summed E-state index contributed by atoms with van der Waals surface area (Å²) in [5.41, 5.74) is 1.93. The van der Waals surface area contributed by atoms with Gasteiger partial charge in [-0.1, -0.05) is 28.9 Å². The topological polar surface area (TPSA) is 96.9 Å². The van der Waals surface area contributed by atoms with Crippen molar-refractivity contribution < 1.29 is 19.2 Å². The van der Waals surface area contributed by atoms with Crippen LogP contribution in [0.25, 0.3) is 22.3 Å². The maximum absolute atomic E-state index is 11.3. The van der Waals surface area contributed by atoms with Crippen LogP contribution >= 0.6 is 11.6 Å². The van der Waals surface area contributed by atoms with Gasteiger partial charge in [0.25, 0.3) is 0 Å². The lowest BCUT2D eigenvalue weighted by Crippen LogP contribution is -2.45. The van der Waals surface area contributed by atoms with Crippen molar-refractivity contribution in [2.24, 2.45) is 5.92 Å². The van der Waals surface area contributed by atoms with Crippen molar-refractivity contribution >= 4 is 28.9 Å². The largest absolute Gasteiger partial charge is 0.395 e. The summed E-state index contributed by atoms with van der Waals surface area (Å²) < 4.78 is 13.4. The number of hydrogen-bond acceptors (Lipinski definition) is 7. The summed E-state index contributed by atoms with van der Waals surface area (Å²) in [6.45, 7) is 5.11. The van der Waals surface area contributed by atoms with Gasteiger partial charge in [0.2, 0.25) is 18.1 Å². The number of hydrogen-bond donors (Lipinski definition) is 1. The predicted molar refractivity (Wildman–Crippen MR) is 132 cm³/mol. The molecule has 2 aromatic heterocycles. The van der Waals surface area contributed by atoms with E-state index in [1.54, 1.807) is 4.90 Å². The smallest absolute Gasteiger partial charge is 0.241 e. The van der Waals surface area contributed by atoms with Crippen molar-refractivity contribution in [1.82, 2.24) is 24.5 Å². The highest BCUT2D eigenvalue weighted by Crippen LogP contribution is 2.34. The van der Waals surface area contributed by atoms with Gasteiger partial charge in [0.15, 0.2) is 0 Å². The molecule has 0 spiro atoms. The molecule has 0 unspecified atom stereocenters. The summed E-state index contributed by atoms with van der Waals surface area (Å²) in [7, 11) is 0. The van der Waals surface area contributed by atoms with Gasteiger partial charge < -0.3 is 23.8 Å². The minimum absolute atomic E-state index is 0.0135. The number of halogens is 1. The molecule has 188 valence electrons. The molecule has 3 aromatic rings. The molecule has 10 heteroatoms. The lowest BCUT2D eigenvalue weighted by Gasteiger charge is -2.35. The molecule has 1 amide bonds. The van der Waals surface area contributed by atoms with Crippen molar-refractivity contribution in [3.05, 3.63) is 35.3 Å². The van der Waals surface area contributed by atoms with Crippen molar-refractivity contribution in [1.29, 1.82) is 0 Å². The van der Waals surface area contributed by atoms with E-state index in [9.17, 15) is 4.79 Å². The zero-order valence-corrected chi connectivity index (χ0v) is 20.6. The molecule has 0 atom stereocenters. The first-order chi connectivity index (χ1) is 17.2. The number of nitrogens with zero attached hydrogens (tertiary/aromatic N) is 5. The van der Waals surface area contributed by atoms with Crippen molar-refractivity contribution in [2.45, 2.75) is 44.8 Å². The molecule has 0 radical (unpaired) electrons. The lowest BCUT2D eigenvalue weighted by molar-refractivity contribution is -0.121. The molecule has 35 heavy (non-hydrogen) atoms. The minimum Gasteiger partial charge on any atom is -0.395 e. The maximum atomic E-state index is 11.3. The monoisotopic (exact) mass is 501 g/mol. The van der Waals surface area contributed by atoms with Gasteiger partial charge in [-0.05, 0) is 37.7 Å². The van der Waals surface area contributed by atoms with Crippen LogP contribution in [0.1, 0.15) is 31.6 Å². The van der Waals surface area contributed by atoms with E-state index in [-0.39, 0.29) is 12.6 Å². The Morgan fingerprint density at radius 1 is 1.20 bits per heavy atom. The third-order valence-corrected chi connectivity index (χ3v) is 7.54. The molecule has 2 aliphatic heterocycles. The summed E-state index contributed by atoms with van der Waals surface area (Å²) in [6, 6.07) is 6.10. The van der Waals surface area contributed by atoms with Crippen LogP contribution in [-0.2, 0) is 22.6 Å². The number of carbonyl (C=O) groups is 1. The van der Waals surface area contributed by atoms with E-state index in [1.807, 2.05) is 12.1 Å². The molecule has 0 bridgehead atoms. The van der Waals surface area contributed by atoms with E-state index in [1.165, 1.54) is 0 Å². The average Bonchev–Trinajstić information content (AvgIpc) is 3.49. The highest BCUT2D eigenvalue weighted by Gasteiger charge is 2.25. The van der Waals surface area contributed by atoms with Gasteiger partial charge in [0, 0.05) is 62.6 Å². The second-order valence-corrected chi connectivity index (χ2v) is 9.88. The standard InChI is InChI=1S/C25H32ClN5O4/c26-22-3-1-2-20-21(15-31(24(20)22)14-18-6-12-34-13-7-18)25-27-23(35-28-25)16-29-8-4-19(5-9-29)30(17-33)10-11-32/h1-3,15,17-19,32H,4-14,16H2. The summed E-state index contributed by atoms with van der Waals surface area (Å²) in [6.07, 6.45) is 6.75. The number of aliphatic hydroxyl groups excluding tert-OH is 1. The molecule has 1 aromatic carbocycles. The van der Waals surface area contributed by atoms with Crippen LogP contribution in [0.2, 0.25) is 5.02 Å². The van der Waals surface area contributed by atoms with E-state index in [0.29, 0.717) is 30.7 Å². The van der Waals surface area contributed by atoms with E-state index in [0.717, 1.165) is 86.4 Å². The summed E-state index contributed by atoms with van der Waals surface area (Å²) >= 11 is 6.62. The first kappa shape index (κ1) is 24.2. The maximum Gasteiger partial charge on any atom is 0.241 e. The van der Waals surface area contributed by atoms with Crippen LogP contribution in [0.4, 0.5) is 0 Å². The second kappa shape index (κ2) is 11.1. The Labute approximate surface area is 209 Å². The van der Waals surface area contributed by atoms with Gasteiger partial charge in [-0.15, -0.1) is 0 Å². The van der Waals surface area contributed by atoms with Crippen LogP contribution in [0.3, 0.4) is 0 Å². The summed E-state index contributed by atoms with van der Waals surface area (Å²) in [5, 5.41) is 15.2. The third kappa shape index (κ3) is 5.38. The molecule has 2 saturated heterocycles. The number of carbonyl (C=O) groups excluding carboxylic acids is 1. The Bertz CT molecular complexity index is 1130. The number of aromatic nitrogens is 3. The Morgan fingerprint density at radius 2 is 2.00 bits per heavy atom. The fraction of sp³-hybridized carbons (Fsp3) is 0.560. The average molecular weight is 502 g/mol. The highest BCUT2D eigenvalue weighted by molar-refractivity contribution is 6.35. The lowest BCUT2D eigenvalue weighted by atomic mass is 10.0. The number of piperidine rings is 1. The molecule has 2 fully saturated rings. The Morgan fingerprint density at radius 3 is 2.74 bits per heavy atom. The molecule has 4 heterocycles. The molecule has 0 saturated carbocycles. The number of aliphatic hydroxyl groups is 1. The molecular weight excluding hydrogens is 470 g/mol. The van der Waals surface area contributed by atoms with E-state index in [4.69, 9.17) is 31.0 Å². The fourth-order valence-corrected chi connectivity index (χ4v) is 5.59. The molecule has 9 nitrogen and oxygen atoms in total. The Hall–Kier alpha value is -2.46. The number of benzene rings is 1. The van der Waals surface area contributed by atoms with Crippen LogP contribution in [-0.4, -0.2) is 81.5 Å². The van der Waals surface area contributed by atoms with E-state index in [2.05, 4.69) is 26.9 Å². The van der Waals surface area contributed by atoms with Crippen LogP contribution < -0.4 is 0 Å². The minimum atomic E-state index is -0.0135. The van der Waals surface area contributed by atoms with Crippen LogP contribution in [0.15, 0.2) is 28.9 Å². The third-order valence-electron chi connectivity index (χ3n) is 7.23. The Balaban J connectivity index is 1.30. The molecule has 1 N–H and O–H groups in total. The van der Waals surface area contributed by atoms with Gasteiger partial charge in [0.1, 0.15) is 0 Å². The van der Waals surface area contributed by atoms with Gasteiger partial charge in [-0.2, -0.15) is 4.98 Å². The predicted octanol–water partition coefficient (Wildman–Crippen LogP) is 3.19. The van der Waals surface area contributed by atoms with Gasteiger partial charge in [-0.25, -0.2) is 0 Å². The zero-order valence-electron chi connectivity index (χ0n) is 19.8. The number of rotatable bonds is 9. The van der Waals surface area contributed by atoms with Crippen LogP contribution in [0.5, 0.6) is 0 Å². The first-order valence-corrected chi connectivity index (χ1v) is 12.8. The number of para-hydroxylation sites is 1. The van der Waals surface area contributed by atoms with Gasteiger partial charge in [-0.3, -0.25) is 9.69 Å². The van der Waals surface area contributed by atoms with E-state index >= 15 is 0 Å². The van der Waals surface area contributed by atoms with Crippen molar-refractivity contribution in [2.75, 3.05) is 39.5 Å². The fourth-order valence-electron chi connectivity index (χ4n) is 5.31. The molecule has 2 aliphatic rings. The first-order valence-electron chi connectivity index (χ1n) is 12.4. The highest BCUT2D eigenvalue weighted by atomic mass is 35.5. The molecule has 5 rings (SSSR count). The molecule has 0 aliphatic carbocycles. The van der Waals surface area contributed by atoms with Gasteiger partial charge in [0.05, 0.1) is 23.7 Å². The zero-order chi connectivity index (χ0) is 24.2. The van der Waals surface area contributed by atoms with Crippen molar-refractivity contribution in [3.8, 4) is 11.4 Å². The van der Waals surface area contributed by atoms with Gasteiger partial charge >= 0.3 is 0 Å². The SMILES string of the molecule is O=CN(CCO)C1CCN(Cc2nc(-c3cn(CC4CCOCC4)c4c(Cl)cccc34)no2)CC1. The number of fused-ring (bicyclic) bond motifs is 1. The normalized spacial score (nSPS) is 18.3. The number of amides is 1. The van der Waals surface area contributed by atoms with Crippen molar-refractivity contribution in [3.63, 3.8) is 0 Å². The second-order valence-electron chi connectivity index (χ2n) is 9.47. The number of likely N-dealkylation sites (tertiary alicyclic amines) is 1.